The zero-order valence-corrected chi connectivity index (χ0v) is 16.4. The van der Waals surface area contributed by atoms with Crippen LogP contribution in [-0.2, 0) is 4.79 Å². The largest absolute Gasteiger partial charge is 0.457 e. The fourth-order valence-electron chi connectivity index (χ4n) is 3.51. The van der Waals surface area contributed by atoms with Gasteiger partial charge in [-0.15, -0.1) is 0 Å². The number of ketones is 1. The Morgan fingerprint density at radius 1 is 1.10 bits per heavy atom. The normalized spacial score (nSPS) is 14.0. The SMILES string of the molecule is Cc1cc2cc(Oc3ccnc(NC(=O)N4CCC(=O)CC4)c3)ccc2n1C(N)=O. The number of nitrogens with zero attached hydrogens (tertiary/aromatic N) is 3. The van der Waals surface area contributed by atoms with Gasteiger partial charge in [-0.25, -0.2) is 14.6 Å². The molecule has 9 nitrogen and oxygen atoms in total. The van der Waals surface area contributed by atoms with Crippen LogP contribution in [-0.4, -0.2) is 45.4 Å². The molecule has 0 atom stereocenters. The lowest BCUT2D eigenvalue weighted by Gasteiger charge is -2.25. The number of hydrogen-bond donors (Lipinski definition) is 2. The van der Waals surface area contributed by atoms with Crippen molar-refractivity contribution in [2.24, 2.45) is 5.73 Å². The van der Waals surface area contributed by atoms with Crippen molar-refractivity contribution in [3.8, 4) is 11.5 Å². The minimum atomic E-state index is -0.538. The lowest BCUT2D eigenvalue weighted by atomic mass is 10.1. The number of aryl methyl sites for hydroxylation is 1. The number of carbonyl (C=O) groups is 3. The van der Waals surface area contributed by atoms with Crippen molar-refractivity contribution < 1.29 is 19.1 Å². The summed E-state index contributed by atoms with van der Waals surface area (Å²) in [7, 11) is 0. The molecule has 3 N–H and O–H groups in total. The van der Waals surface area contributed by atoms with Crippen LogP contribution in [0.25, 0.3) is 10.9 Å². The van der Waals surface area contributed by atoms with Crippen LogP contribution in [0.1, 0.15) is 18.5 Å². The maximum absolute atomic E-state index is 12.4. The number of ether oxygens (including phenoxy) is 1. The van der Waals surface area contributed by atoms with Gasteiger partial charge in [-0.05, 0) is 37.3 Å². The second-order valence-electron chi connectivity index (χ2n) is 7.11. The maximum Gasteiger partial charge on any atom is 0.323 e. The predicted octanol–water partition coefficient (Wildman–Crippen LogP) is 3.26. The van der Waals surface area contributed by atoms with E-state index in [0.29, 0.717) is 48.8 Å². The number of aromatic nitrogens is 2. The van der Waals surface area contributed by atoms with Gasteiger partial charge in [0, 0.05) is 49.3 Å². The van der Waals surface area contributed by atoms with Gasteiger partial charge in [0.2, 0.25) is 0 Å². The number of anilines is 1. The zero-order chi connectivity index (χ0) is 21.3. The molecule has 2 aromatic heterocycles. The molecule has 3 amide bonds. The highest BCUT2D eigenvalue weighted by Crippen LogP contribution is 2.28. The highest BCUT2D eigenvalue weighted by Gasteiger charge is 2.21. The molecule has 0 spiro atoms. The van der Waals surface area contributed by atoms with E-state index in [1.54, 1.807) is 36.1 Å². The number of amides is 3. The second kappa shape index (κ2) is 7.86. The van der Waals surface area contributed by atoms with E-state index in [4.69, 9.17) is 10.5 Å². The van der Waals surface area contributed by atoms with Crippen LogP contribution in [0.3, 0.4) is 0 Å². The average molecular weight is 407 g/mol. The number of Topliss-reactive ketones (excluding diaryl/α,β-unsaturated/α-hetero) is 1. The standard InChI is InChI=1S/C21H21N5O4/c1-13-10-14-11-16(2-3-18(14)26(13)20(22)28)30-17-4-7-23-19(12-17)24-21(29)25-8-5-15(27)6-9-25/h2-4,7,10-12H,5-6,8-9H2,1H3,(H2,22,28)(H,23,24,29). The summed E-state index contributed by atoms with van der Waals surface area (Å²) in [6.07, 6.45) is 2.30. The van der Waals surface area contributed by atoms with Crippen LogP contribution in [0, 0.1) is 6.92 Å². The summed E-state index contributed by atoms with van der Waals surface area (Å²) in [5.41, 5.74) is 6.88. The fraction of sp³-hybridized carbons (Fsp3) is 0.238. The Bertz CT molecular complexity index is 1140. The monoisotopic (exact) mass is 407 g/mol. The molecule has 30 heavy (non-hydrogen) atoms. The third-order valence-corrected chi connectivity index (χ3v) is 4.99. The summed E-state index contributed by atoms with van der Waals surface area (Å²) < 4.78 is 7.34. The first-order valence-electron chi connectivity index (χ1n) is 9.54. The maximum atomic E-state index is 12.4. The number of carbonyl (C=O) groups excluding carboxylic acids is 3. The van der Waals surface area contributed by atoms with E-state index < -0.39 is 6.03 Å². The van der Waals surface area contributed by atoms with E-state index in [-0.39, 0.29) is 11.8 Å². The third-order valence-electron chi connectivity index (χ3n) is 4.99. The molecule has 1 fully saturated rings. The first kappa shape index (κ1) is 19.4. The number of benzene rings is 1. The van der Waals surface area contributed by atoms with Gasteiger partial charge >= 0.3 is 12.1 Å². The molecular weight excluding hydrogens is 386 g/mol. The molecule has 0 saturated carbocycles. The summed E-state index contributed by atoms with van der Waals surface area (Å²) in [4.78, 5) is 41.1. The molecule has 0 unspecified atom stereocenters. The van der Waals surface area contributed by atoms with Crippen LogP contribution in [0.2, 0.25) is 0 Å². The number of nitrogens with two attached hydrogens (primary N) is 1. The van der Waals surface area contributed by atoms with Crippen molar-refractivity contribution >= 4 is 34.6 Å². The molecule has 1 aromatic carbocycles. The number of urea groups is 1. The van der Waals surface area contributed by atoms with Crippen molar-refractivity contribution in [2.45, 2.75) is 19.8 Å². The lowest BCUT2D eigenvalue weighted by Crippen LogP contribution is -2.41. The van der Waals surface area contributed by atoms with Crippen LogP contribution in [0.4, 0.5) is 15.4 Å². The molecule has 0 bridgehead atoms. The number of primary amides is 1. The van der Waals surface area contributed by atoms with Crippen molar-refractivity contribution in [1.29, 1.82) is 0 Å². The van der Waals surface area contributed by atoms with Crippen LogP contribution in [0.5, 0.6) is 11.5 Å². The van der Waals surface area contributed by atoms with Gasteiger partial charge < -0.3 is 15.4 Å². The molecule has 4 rings (SSSR count). The summed E-state index contributed by atoms with van der Waals surface area (Å²) in [6, 6.07) is 9.64. The van der Waals surface area contributed by atoms with Crippen molar-refractivity contribution in [3.05, 3.63) is 48.3 Å². The fourth-order valence-corrected chi connectivity index (χ4v) is 3.51. The molecule has 0 radical (unpaired) electrons. The zero-order valence-electron chi connectivity index (χ0n) is 16.4. The smallest absolute Gasteiger partial charge is 0.323 e. The lowest BCUT2D eigenvalue weighted by molar-refractivity contribution is -0.120. The van der Waals surface area contributed by atoms with Gasteiger partial charge in [-0.1, -0.05) is 0 Å². The number of piperidine rings is 1. The summed E-state index contributed by atoms with van der Waals surface area (Å²) >= 11 is 0. The molecule has 154 valence electrons. The number of rotatable bonds is 3. The molecule has 3 heterocycles. The minimum absolute atomic E-state index is 0.172. The number of hydrogen-bond acceptors (Lipinski definition) is 5. The quantitative estimate of drug-likeness (QED) is 0.691. The predicted molar refractivity (Wildman–Crippen MR) is 111 cm³/mol. The highest BCUT2D eigenvalue weighted by molar-refractivity contribution is 5.93. The average Bonchev–Trinajstić information content (AvgIpc) is 3.04. The number of fused-ring (bicyclic) bond motifs is 1. The van der Waals surface area contributed by atoms with Crippen molar-refractivity contribution in [3.63, 3.8) is 0 Å². The molecule has 0 aliphatic carbocycles. The number of pyridine rings is 1. The van der Waals surface area contributed by atoms with Gasteiger partial charge in [0.05, 0.1) is 5.52 Å². The van der Waals surface area contributed by atoms with E-state index in [2.05, 4.69) is 10.3 Å². The number of likely N-dealkylation sites (tertiary alicyclic amines) is 1. The summed E-state index contributed by atoms with van der Waals surface area (Å²) in [6.45, 7) is 2.62. The number of nitrogens with one attached hydrogen (secondary N) is 1. The molecule has 1 aliphatic heterocycles. The van der Waals surface area contributed by atoms with Gasteiger partial charge in [-0.2, -0.15) is 0 Å². The van der Waals surface area contributed by atoms with Crippen molar-refractivity contribution in [2.75, 3.05) is 18.4 Å². The first-order valence-corrected chi connectivity index (χ1v) is 9.54. The Kier molecular flexibility index (Phi) is 5.09. The third kappa shape index (κ3) is 3.95. The van der Waals surface area contributed by atoms with E-state index in [0.717, 1.165) is 11.1 Å². The van der Waals surface area contributed by atoms with Gasteiger partial charge in [0.1, 0.15) is 23.1 Å². The first-order chi connectivity index (χ1) is 14.4. The molecule has 3 aromatic rings. The molecule has 9 heteroatoms. The Morgan fingerprint density at radius 2 is 1.83 bits per heavy atom. The summed E-state index contributed by atoms with van der Waals surface area (Å²) in [5, 5.41) is 3.56. The van der Waals surface area contributed by atoms with E-state index in [9.17, 15) is 14.4 Å². The highest BCUT2D eigenvalue weighted by atomic mass is 16.5. The van der Waals surface area contributed by atoms with E-state index >= 15 is 0 Å². The van der Waals surface area contributed by atoms with Crippen LogP contribution in [0.15, 0.2) is 42.6 Å². The minimum Gasteiger partial charge on any atom is -0.457 e. The Morgan fingerprint density at radius 3 is 2.57 bits per heavy atom. The van der Waals surface area contributed by atoms with E-state index in [1.807, 2.05) is 12.1 Å². The second-order valence-corrected chi connectivity index (χ2v) is 7.11. The Labute approximate surface area is 172 Å². The summed E-state index contributed by atoms with van der Waals surface area (Å²) in [5.74, 6) is 1.60. The van der Waals surface area contributed by atoms with Gasteiger partial charge in [0.15, 0.2) is 0 Å². The topological polar surface area (TPSA) is 120 Å². The van der Waals surface area contributed by atoms with Crippen molar-refractivity contribution in [1.82, 2.24) is 14.5 Å². The van der Waals surface area contributed by atoms with E-state index in [1.165, 1.54) is 10.8 Å². The molecular formula is C21H21N5O4. The molecule has 1 saturated heterocycles. The van der Waals surface area contributed by atoms with Crippen LogP contribution >= 0.6 is 0 Å². The Balaban J connectivity index is 1.48. The van der Waals surface area contributed by atoms with Crippen LogP contribution < -0.4 is 15.8 Å². The molecule has 1 aliphatic rings. The van der Waals surface area contributed by atoms with Gasteiger partial charge in [-0.3, -0.25) is 14.7 Å². The Hall–Kier alpha value is -3.88. The van der Waals surface area contributed by atoms with Gasteiger partial charge in [0.25, 0.3) is 0 Å².